The minimum atomic E-state index is -0.225. The molecule has 0 bridgehead atoms. The van der Waals surface area contributed by atoms with Crippen LogP contribution in [0.4, 0.5) is 10.6 Å². The molecular formula is C24H28N4O2. The van der Waals surface area contributed by atoms with E-state index in [0.29, 0.717) is 17.1 Å². The fourth-order valence-electron chi connectivity index (χ4n) is 4.14. The second-order valence-corrected chi connectivity index (χ2v) is 8.20. The number of phenolic OH excluding ortho intramolecular Hbond substituents is 1. The van der Waals surface area contributed by atoms with Crippen molar-refractivity contribution in [3.05, 3.63) is 47.7 Å². The highest BCUT2D eigenvalue weighted by Crippen LogP contribution is 2.30. The van der Waals surface area contributed by atoms with Gasteiger partial charge in [-0.05, 0) is 73.2 Å². The number of benzene rings is 2. The Morgan fingerprint density at radius 2 is 1.67 bits per heavy atom. The molecule has 0 saturated heterocycles. The van der Waals surface area contributed by atoms with Crippen LogP contribution < -0.4 is 10.6 Å². The molecule has 3 N–H and O–H groups in total. The highest BCUT2D eigenvalue weighted by Gasteiger charge is 2.15. The molecule has 2 aromatic carbocycles. The van der Waals surface area contributed by atoms with Crippen LogP contribution in [0.15, 0.2) is 36.5 Å². The first-order chi connectivity index (χ1) is 14.5. The van der Waals surface area contributed by atoms with Crippen molar-refractivity contribution in [1.82, 2.24) is 15.3 Å². The van der Waals surface area contributed by atoms with Crippen LogP contribution in [0.3, 0.4) is 0 Å². The topological polar surface area (TPSA) is 87.1 Å². The maximum atomic E-state index is 12.4. The fourth-order valence-corrected chi connectivity index (χ4v) is 4.14. The summed E-state index contributed by atoms with van der Waals surface area (Å²) >= 11 is 0. The lowest BCUT2D eigenvalue weighted by atomic mass is 9.99. The SMILES string of the molecule is Cc1cc(-c2ccc3ncc(NC(=O)NC4CCCCCC4)nc3c2)cc(C)c1O. The van der Waals surface area contributed by atoms with Crippen LogP contribution in [0, 0.1) is 13.8 Å². The molecule has 1 heterocycles. The molecule has 4 rings (SSSR count). The molecule has 0 aliphatic heterocycles. The Morgan fingerprint density at radius 1 is 0.967 bits per heavy atom. The van der Waals surface area contributed by atoms with Crippen molar-refractivity contribution < 1.29 is 9.90 Å². The first-order valence-corrected chi connectivity index (χ1v) is 10.6. The number of aryl methyl sites for hydroxylation is 2. The van der Waals surface area contributed by atoms with E-state index in [1.807, 2.05) is 44.2 Å². The molecule has 1 fully saturated rings. The van der Waals surface area contributed by atoms with Gasteiger partial charge in [-0.2, -0.15) is 0 Å². The molecule has 0 radical (unpaired) electrons. The molecule has 6 heteroatoms. The fraction of sp³-hybridized carbons (Fsp3) is 0.375. The summed E-state index contributed by atoms with van der Waals surface area (Å²) in [5.74, 6) is 0.759. The number of rotatable bonds is 3. The van der Waals surface area contributed by atoms with E-state index >= 15 is 0 Å². The molecule has 1 aromatic heterocycles. The largest absolute Gasteiger partial charge is 0.507 e. The molecule has 3 aromatic rings. The van der Waals surface area contributed by atoms with Gasteiger partial charge in [-0.25, -0.2) is 9.78 Å². The number of fused-ring (bicyclic) bond motifs is 1. The minimum absolute atomic E-state index is 0.225. The summed E-state index contributed by atoms with van der Waals surface area (Å²) < 4.78 is 0. The van der Waals surface area contributed by atoms with E-state index in [1.165, 1.54) is 25.7 Å². The summed E-state index contributed by atoms with van der Waals surface area (Å²) in [6.07, 6.45) is 8.48. The molecule has 0 unspecified atom stereocenters. The lowest BCUT2D eigenvalue weighted by Crippen LogP contribution is -2.37. The van der Waals surface area contributed by atoms with Gasteiger partial charge < -0.3 is 10.4 Å². The Hall–Kier alpha value is -3.15. The monoisotopic (exact) mass is 404 g/mol. The first kappa shape index (κ1) is 20.1. The number of nitrogens with zero attached hydrogens (tertiary/aromatic N) is 2. The van der Waals surface area contributed by atoms with Crippen molar-refractivity contribution in [3.63, 3.8) is 0 Å². The third-order valence-corrected chi connectivity index (χ3v) is 5.80. The Balaban J connectivity index is 1.54. The maximum Gasteiger partial charge on any atom is 0.320 e. The van der Waals surface area contributed by atoms with Crippen molar-refractivity contribution >= 4 is 22.9 Å². The Labute approximate surface area is 176 Å². The molecule has 2 amide bonds. The molecular weight excluding hydrogens is 376 g/mol. The van der Waals surface area contributed by atoms with Crippen LogP contribution in [0.2, 0.25) is 0 Å². The summed E-state index contributed by atoms with van der Waals surface area (Å²) in [6.45, 7) is 3.78. The summed E-state index contributed by atoms with van der Waals surface area (Å²) in [6, 6.07) is 9.80. The highest BCUT2D eigenvalue weighted by atomic mass is 16.3. The van der Waals surface area contributed by atoms with Crippen molar-refractivity contribution in [3.8, 4) is 16.9 Å². The van der Waals surface area contributed by atoms with Crippen molar-refractivity contribution in [1.29, 1.82) is 0 Å². The van der Waals surface area contributed by atoms with E-state index < -0.39 is 0 Å². The summed E-state index contributed by atoms with van der Waals surface area (Å²) in [7, 11) is 0. The number of carbonyl (C=O) groups is 1. The average Bonchev–Trinajstić information content (AvgIpc) is 2.99. The van der Waals surface area contributed by atoms with Gasteiger partial charge in [0.2, 0.25) is 0 Å². The summed E-state index contributed by atoms with van der Waals surface area (Å²) in [4.78, 5) is 21.4. The molecule has 1 aliphatic carbocycles. The Bertz CT molecular complexity index is 1050. The molecule has 0 atom stereocenters. The third-order valence-electron chi connectivity index (χ3n) is 5.80. The van der Waals surface area contributed by atoms with Crippen LogP contribution in [-0.2, 0) is 0 Å². The molecule has 6 nitrogen and oxygen atoms in total. The number of aromatic hydroxyl groups is 1. The van der Waals surface area contributed by atoms with Gasteiger partial charge in [-0.3, -0.25) is 10.3 Å². The second-order valence-electron chi connectivity index (χ2n) is 8.20. The predicted octanol–water partition coefficient (Wildman–Crippen LogP) is 5.46. The highest BCUT2D eigenvalue weighted by molar-refractivity contribution is 5.90. The predicted molar refractivity (Wildman–Crippen MR) is 120 cm³/mol. The van der Waals surface area contributed by atoms with Crippen molar-refractivity contribution in [2.75, 3.05) is 5.32 Å². The summed E-state index contributed by atoms with van der Waals surface area (Å²) in [5, 5.41) is 15.9. The molecule has 1 saturated carbocycles. The van der Waals surface area contributed by atoms with Crippen LogP contribution in [-0.4, -0.2) is 27.1 Å². The number of amides is 2. The number of carbonyl (C=O) groups excluding carboxylic acids is 1. The standard InChI is InChI=1S/C24H28N4O2/c1-15-11-18(12-16(2)23(15)29)17-9-10-20-21(13-17)27-22(14-25-20)28-24(30)26-19-7-5-3-4-6-8-19/h9-14,19,29H,3-8H2,1-2H3,(H2,26,27,28,30). The lowest BCUT2D eigenvalue weighted by molar-refractivity contribution is 0.247. The minimum Gasteiger partial charge on any atom is -0.507 e. The summed E-state index contributed by atoms with van der Waals surface area (Å²) in [5.41, 5.74) is 5.14. The van der Waals surface area contributed by atoms with Gasteiger partial charge in [0.05, 0.1) is 17.2 Å². The molecule has 0 spiro atoms. The normalized spacial score (nSPS) is 15.0. The van der Waals surface area contributed by atoms with E-state index in [1.54, 1.807) is 6.20 Å². The van der Waals surface area contributed by atoms with Crippen molar-refractivity contribution in [2.45, 2.75) is 58.4 Å². The molecule has 156 valence electrons. The van der Waals surface area contributed by atoms with Crippen LogP contribution in [0.1, 0.15) is 49.7 Å². The zero-order chi connectivity index (χ0) is 21.1. The lowest BCUT2D eigenvalue weighted by Gasteiger charge is -2.16. The Kier molecular flexibility index (Phi) is 5.84. The van der Waals surface area contributed by atoms with Crippen LogP contribution in [0.5, 0.6) is 5.75 Å². The first-order valence-electron chi connectivity index (χ1n) is 10.6. The molecule has 30 heavy (non-hydrogen) atoms. The number of urea groups is 1. The second kappa shape index (κ2) is 8.69. The Morgan fingerprint density at radius 3 is 2.37 bits per heavy atom. The smallest absolute Gasteiger partial charge is 0.320 e. The van der Waals surface area contributed by atoms with Gasteiger partial charge >= 0.3 is 6.03 Å². The number of anilines is 1. The van der Waals surface area contributed by atoms with E-state index in [0.717, 1.165) is 40.6 Å². The average molecular weight is 405 g/mol. The zero-order valence-electron chi connectivity index (χ0n) is 17.5. The van der Waals surface area contributed by atoms with Gasteiger partial charge in [0.25, 0.3) is 0 Å². The molecule has 1 aliphatic rings. The van der Waals surface area contributed by atoms with E-state index in [2.05, 4.69) is 20.6 Å². The maximum absolute atomic E-state index is 12.4. The van der Waals surface area contributed by atoms with Gasteiger partial charge in [0.15, 0.2) is 5.82 Å². The van der Waals surface area contributed by atoms with E-state index in [9.17, 15) is 9.90 Å². The van der Waals surface area contributed by atoms with Gasteiger partial charge in [-0.15, -0.1) is 0 Å². The quantitative estimate of drug-likeness (QED) is 0.506. The zero-order valence-corrected chi connectivity index (χ0v) is 17.5. The van der Waals surface area contributed by atoms with Crippen LogP contribution >= 0.6 is 0 Å². The van der Waals surface area contributed by atoms with E-state index in [-0.39, 0.29) is 12.1 Å². The third kappa shape index (κ3) is 4.53. The van der Waals surface area contributed by atoms with Crippen molar-refractivity contribution in [2.24, 2.45) is 0 Å². The number of phenols is 1. The number of aromatic nitrogens is 2. The van der Waals surface area contributed by atoms with Crippen LogP contribution in [0.25, 0.3) is 22.2 Å². The number of hydrogen-bond donors (Lipinski definition) is 3. The van der Waals surface area contributed by atoms with E-state index in [4.69, 9.17) is 0 Å². The number of nitrogens with one attached hydrogen (secondary N) is 2. The van der Waals surface area contributed by atoms with Gasteiger partial charge in [0, 0.05) is 6.04 Å². The van der Waals surface area contributed by atoms with Gasteiger partial charge in [-0.1, -0.05) is 31.7 Å². The number of hydrogen-bond acceptors (Lipinski definition) is 4. The van der Waals surface area contributed by atoms with Gasteiger partial charge in [0.1, 0.15) is 5.75 Å².